The van der Waals surface area contributed by atoms with Gasteiger partial charge in [0, 0.05) is 6.42 Å². The first-order valence-corrected chi connectivity index (χ1v) is 11.4. The van der Waals surface area contributed by atoms with Crippen LogP contribution >= 0.6 is 0 Å². The van der Waals surface area contributed by atoms with Gasteiger partial charge in [0.1, 0.15) is 6.61 Å². The van der Waals surface area contributed by atoms with Crippen molar-refractivity contribution in [2.24, 2.45) is 0 Å². The monoisotopic (exact) mass is 450 g/mol. The summed E-state index contributed by atoms with van der Waals surface area (Å²) in [6.45, 7) is 9.02. The highest BCUT2D eigenvalue weighted by Gasteiger charge is 2.02. The molecule has 0 N–H and O–H groups in total. The fourth-order valence-corrected chi connectivity index (χ4v) is 2.35. The molecular weight excluding hydrogens is 408 g/mol. The second kappa shape index (κ2) is 25.0. The van der Waals surface area contributed by atoms with Crippen molar-refractivity contribution in [3.05, 3.63) is 0 Å². The summed E-state index contributed by atoms with van der Waals surface area (Å²) in [5, 5.41) is 0. The van der Waals surface area contributed by atoms with Gasteiger partial charge in [-0.2, -0.15) is 0 Å². The molecule has 0 aliphatic heterocycles. The van der Waals surface area contributed by atoms with Crippen LogP contribution in [0.25, 0.3) is 0 Å². The van der Waals surface area contributed by atoms with Crippen molar-refractivity contribution in [2.75, 3.05) is 79.3 Å². The molecule has 0 heterocycles. The predicted octanol–water partition coefficient (Wildman–Crippen LogP) is 2.54. The lowest BCUT2D eigenvalue weighted by molar-refractivity contribution is -0.146. The number of carbonyl (C=O) groups excluding carboxylic acids is 2. The van der Waals surface area contributed by atoms with E-state index in [4.69, 9.17) is 33.2 Å². The third kappa shape index (κ3) is 24.9. The SMILES string of the molecule is CCCCCCC(=O)OCCOCCOCCOCCOCCOCCC(=O)OCC. The van der Waals surface area contributed by atoms with Gasteiger partial charge in [0.25, 0.3) is 0 Å². The Morgan fingerprint density at radius 2 is 0.935 bits per heavy atom. The van der Waals surface area contributed by atoms with E-state index < -0.39 is 0 Å². The molecule has 0 atom stereocenters. The number of hydrogen-bond acceptors (Lipinski definition) is 9. The normalized spacial score (nSPS) is 10.9. The number of unbranched alkanes of at least 4 members (excludes halogenated alkanes) is 3. The first kappa shape index (κ1) is 29.7. The highest BCUT2D eigenvalue weighted by atomic mass is 16.6. The molecule has 0 unspecified atom stereocenters. The fraction of sp³-hybridized carbons (Fsp3) is 0.909. The molecule has 0 aliphatic rings. The third-order valence-electron chi connectivity index (χ3n) is 3.97. The maximum Gasteiger partial charge on any atom is 0.308 e. The van der Waals surface area contributed by atoms with Gasteiger partial charge in [0.05, 0.1) is 79.1 Å². The van der Waals surface area contributed by atoms with Gasteiger partial charge in [0.2, 0.25) is 0 Å². The van der Waals surface area contributed by atoms with Crippen molar-refractivity contribution < 1.29 is 42.7 Å². The van der Waals surface area contributed by atoms with Crippen LogP contribution in [0.15, 0.2) is 0 Å². The molecule has 0 spiro atoms. The molecule has 0 fully saturated rings. The van der Waals surface area contributed by atoms with Gasteiger partial charge in [-0.1, -0.05) is 26.2 Å². The van der Waals surface area contributed by atoms with Gasteiger partial charge < -0.3 is 33.2 Å². The quantitative estimate of drug-likeness (QED) is 0.162. The number of ether oxygens (including phenoxy) is 7. The molecule has 0 aliphatic carbocycles. The number of esters is 2. The molecule has 0 amide bonds. The van der Waals surface area contributed by atoms with Crippen LogP contribution in [-0.4, -0.2) is 91.2 Å². The van der Waals surface area contributed by atoms with Gasteiger partial charge in [-0.05, 0) is 13.3 Å². The molecule has 0 radical (unpaired) electrons. The summed E-state index contributed by atoms with van der Waals surface area (Å²) < 4.78 is 36.6. The summed E-state index contributed by atoms with van der Waals surface area (Å²) in [4.78, 5) is 22.5. The Bertz CT molecular complexity index is 404. The van der Waals surface area contributed by atoms with Gasteiger partial charge in [-0.15, -0.1) is 0 Å². The predicted molar refractivity (Wildman–Crippen MR) is 115 cm³/mol. The molecule has 31 heavy (non-hydrogen) atoms. The summed E-state index contributed by atoms with van der Waals surface area (Å²) in [5.41, 5.74) is 0. The van der Waals surface area contributed by atoms with Crippen LogP contribution in [0.5, 0.6) is 0 Å². The standard InChI is InChI=1S/C22H42O9/c1-3-5-6-7-8-21(23)31-20-19-29-18-17-28-16-15-27-14-13-26-12-11-25-10-9-22(24)30-4-2/h3-20H2,1-2H3. The Hall–Kier alpha value is -1.26. The molecule has 0 rings (SSSR count). The summed E-state index contributed by atoms with van der Waals surface area (Å²) >= 11 is 0. The molecule has 0 bridgehead atoms. The van der Waals surface area contributed by atoms with Crippen LogP contribution in [0.3, 0.4) is 0 Å². The lowest BCUT2D eigenvalue weighted by atomic mass is 10.2. The molecule has 0 saturated heterocycles. The Labute approximate surface area is 187 Å². The summed E-state index contributed by atoms with van der Waals surface area (Å²) in [6.07, 6.45) is 5.02. The summed E-state index contributed by atoms with van der Waals surface area (Å²) in [6, 6.07) is 0. The lowest BCUT2D eigenvalue weighted by Crippen LogP contribution is -2.15. The largest absolute Gasteiger partial charge is 0.466 e. The van der Waals surface area contributed by atoms with Crippen molar-refractivity contribution in [3.63, 3.8) is 0 Å². The summed E-state index contributed by atoms with van der Waals surface area (Å²) in [7, 11) is 0. The maximum atomic E-state index is 11.5. The van der Waals surface area contributed by atoms with Crippen molar-refractivity contribution >= 4 is 11.9 Å². The molecular formula is C22H42O9. The van der Waals surface area contributed by atoms with Crippen molar-refractivity contribution in [1.82, 2.24) is 0 Å². The zero-order valence-corrected chi connectivity index (χ0v) is 19.4. The van der Waals surface area contributed by atoms with E-state index in [-0.39, 0.29) is 25.0 Å². The zero-order chi connectivity index (χ0) is 22.8. The minimum atomic E-state index is -0.250. The van der Waals surface area contributed by atoms with Gasteiger partial charge >= 0.3 is 11.9 Å². The number of rotatable bonds is 24. The van der Waals surface area contributed by atoms with Crippen molar-refractivity contribution in [2.45, 2.75) is 52.4 Å². The van der Waals surface area contributed by atoms with Crippen molar-refractivity contribution in [1.29, 1.82) is 0 Å². The molecule has 184 valence electrons. The van der Waals surface area contributed by atoms with Crippen LogP contribution in [0.2, 0.25) is 0 Å². The molecule has 0 aromatic rings. The number of carbonyl (C=O) groups is 2. The van der Waals surface area contributed by atoms with E-state index in [1.54, 1.807) is 6.92 Å². The molecule has 0 saturated carbocycles. The van der Waals surface area contributed by atoms with Crippen LogP contribution in [0.4, 0.5) is 0 Å². The van der Waals surface area contributed by atoms with Crippen LogP contribution in [-0.2, 0) is 42.7 Å². The molecule has 9 nitrogen and oxygen atoms in total. The lowest BCUT2D eigenvalue weighted by Gasteiger charge is -2.08. The third-order valence-corrected chi connectivity index (χ3v) is 3.97. The topological polar surface area (TPSA) is 98.8 Å². The van der Waals surface area contributed by atoms with E-state index >= 15 is 0 Å². The summed E-state index contributed by atoms with van der Waals surface area (Å²) in [5.74, 6) is -0.404. The van der Waals surface area contributed by atoms with E-state index in [0.29, 0.717) is 79.1 Å². The van der Waals surface area contributed by atoms with E-state index in [0.717, 1.165) is 25.7 Å². The smallest absolute Gasteiger partial charge is 0.308 e. The maximum absolute atomic E-state index is 11.5. The second-order valence-electron chi connectivity index (χ2n) is 6.65. The van der Waals surface area contributed by atoms with Crippen LogP contribution in [0, 0.1) is 0 Å². The van der Waals surface area contributed by atoms with Gasteiger partial charge in [-0.25, -0.2) is 0 Å². The minimum absolute atomic E-state index is 0.154. The Morgan fingerprint density at radius 3 is 1.42 bits per heavy atom. The molecule has 0 aromatic carbocycles. The highest BCUT2D eigenvalue weighted by Crippen LogP contribution is 2.03. The van der Waals surface area contributed by atoms with Gasteiger partial charge in [0.15, 0.2) is 0 Å². The average Bonchev–Trinajstić information content (AvgIpc) is 2.76. The second-order valence-corrected chi connectivity index (χ2v) is 6.65. The fourth-order valence-electron chi connectivity index (χ4n) is 2.35. The Morgan fingerprint density at radius 1 is 0.484 bits per heavy atom. The Kier molecular flexibility index (Phi) is 24.0. The van der Waals surface area contributed by atoms with Gasteiger partial charge in [-0.3, -0.25) is 9.59 Å². The van der Waals surface area contributed by atoms with E-state index in [9.17, 15) is 9.59 Å². The van der Waals surface area contributed by atoms with E-state index in [1.165, 1.54) is 0 Å². The van der Waals surface area contributed by atoms with E-state index in [1.807, 2.05) is 0 Å². The first-order valence-electron chi connectivity index (χ1n) is 11.4. The highest BCUT2D eigenvalue weighted by molar-refractivity contribution is 5.69. The molecule has 9 heteroatoms. The van der Waals surface area contributed by atoms with Crippen LogP contribution in [0.1, 0.15) is 52.4 Å². The zero-order valence-electron chi connectivity index (χ0n) is 19.4. The minimum Gasteiger partial charge on any atom is -0.466 e. The Balaban J connectivity index is 3.12. The average molecular weight is 451 g/mol. The first-order chi connectivity index (χ1) is 15.2. The number of hydrogen-bond donors (Lipinski definition) is 0. The van der Waals surface area contributed by atoms with E-state index in [2.05, 4.69) is 6.92 Å². The molecule has 0 aromatic heterocycles. The van der Waals surface area contributed by atoms with Crippen molar-refractivity contribution in [3.8, 4) is 0 Å². The van der Waals surface area contributed by atoms with Crippen LogP contribution < -0.4 is 0 Å².